The lowest BCUT2D eigenvalue weighted by molar-refractivity contribution is 0.508. The third-order valence-electron chi connectivity index (χ3n) is 3.02. The number of nitrogens with zero attached hydrogens (tertiary/aromatic N) is 1. The van der Waals surface area contributed by atoms with Crippen molar-refractivity contribution in [2.24, 2.45) is 0 Å². The van der Waals surface area contributed by atoms with Gasteiger partial charge < -0.3 is 5.32 Å². The predicted molar refractivity (Wildman–Crippen MR) is 66.7 cm³/mol. The Balaban J connectivity index is 1.83. The summed E-state index contributed by atoms with van der Waals surface area (Å²) in [4.78, 5) is 5.89. The fourth-order valence-electron chi connectivity index (χ4n) is 2.23. The molecule has 0 aliphatic carbocycles. The van der Waals surface area contributed by atoms with Crippen LogP contribution in [0.3, 0.4) is 0 Å². The van der Waals surface area contributed by atoms with E-state index in [0.717, 1.165) is 19.4 Å². The van der Waals surface area contributed by atoms with E-state index in [0.29, 0.717) is 6.04 Å². The molecule has 0 bridgehead atoms. The fourth-order valence-corrected chi connectivity index (χ4v) is 3.26. The van der Waals surface area contributed by atoms with Crippen molar-refractivity contribution in [3.8, 4) is 0 Å². The Morgan fingerprint density at radius 2 is 2.38 bits per heavy atom. The molecule has 3 heterocycles. The Kier molecular flexibility index (Phi) is 2.72. The van der Waals surface area contributed by atoms with Gasteiger partial charge in [0.15, 0.2) is 0 Å². The summed E-state index contributed by atoms with van der Waals surface area (Å²) in [6.07, 6.45) is 4.03. The summed E-state index contributed by atoms with van der Waals surface area (Å²) in [5.41, 5.74) is 2.69. The lowest BCUT2D eigenvalue weighted by atomic mass is 10.0. The van der Waals surface area contributed by atoms with Crippen molar-refractivity contribution < 1.29 is 0 Å². The van der Waals surface area contributed by atoms with Crippen molar-refractivity contribution in [1.82, 2.24) is 10.3 Å². The molecule has 16 heavy (non-hydrogen) atoms. The van der Waals surface area contributed by atoms with Crippen LogP contribution in [0.5, 0.6) is 0 Å². The van der Waals surface area contributed by atoms with Crippen molar-refractivity contribution in [3.63, 3.8) is 0 Å². The third-order valence-corrected chi connectivity index (χ3v) is 4.09. The van der Waals surface area contributed by atoms with Gasteiger partial charge in [-0.25, -0.2) is 0 Å². The molecule has 1 atom stereocenters. The van der Waals surface area contributed by atoms with E-state index in [1.807, 2.05) is 23.6 Å². The number of pyridine rings is 1. The van der Waals surface area contributed by atoms with Crippen LogP contribution in [0.4, 0.5) is 0 Å². The van der Waals surface area contributed by atoms with Crippen LogP contribution < -0.4 is 5.32 Å². The zero-order valence-electron chi connectivity index (χ0n) is 9.02. The molecule has 0 amide bonds. The standard InChI is InChI=1S/C13H14N2S/c1-2-6-14-11(3-1)9-12-13-10(4-7-15-12)5-8-16-13/h1-3,5-6,8,12,15H,4,7,9H2/t12-/m1/s1. The number of thiophene rings is 1. The highest BCUT2D eigenvalue weighted by Crippen LogP contribution is 2.29. The van der Waals surface area contributed by atoms with Crippen LogP contribution in [-0.4, -0.2) is 11.5 Å². The number of hydrogen-bond acceptors (Lipinski definition) is 3. The van der Waals surface area contributed by atoms with Gasteiger partial charge in [0.2, 0.25) is 0 Å². The lowest BCUT2D eigenvalue weighted by Gasteiger charge is -2.23. The third kappa shape index (κ3) is 1.88. The summed E-state index contributed by atoms with van der Waals surface area (Å²) < 4.78 is 0. The van der Waals surface area contributed by atoms with Crippen molar-refractivity contribution in [2.45, 2.75) is 18.9 Å². The Hall–Kier alpha value is -1.19. The number of fused-ring (bicyclic) bond motifs is 1. The molecular formula is C13H14N2S. The topological polar surface area (TPSA) is 24.9 Å². The van der Waals surface area contributed by atoms with E-state index >= 15 is 0 Å². The SMILES string of the molecule is c1ccc(C[C@H]2NCCc3ccsc32)nc1. The summed E-state index contributed by atoms with van der Waals surface area (Å²) in [5.74, 6) is 0. The minimum absolute atomic E-state index is 0.457. The molecule has 2 aromatic rings. The molecule has 2 nitrogen and oxygen atoms in total. The van der Waals surface area contributed by atoms with Crippen LogP contribution in [0, 0.1) is 0 Å². The highest BCUT2D eigenvalue weighted by atomic mass is 32.1. The average Bonchev–Trinajstić information content (AvgIpc) is 2.80. The van der Waals surface area contributed by atoms with Crippen LogP contribution in [0.25, 0.3) is 0 Å². The van der Waals surface area contributed by atoms with Crippen molar-refractivity contribution in [3.05, 3.63) is 52.0 Å². The molecule has 0 fully saturated rings. The first-order valence-corrected chi connectivity index (χ1v) is 6.51. The molecule has 0 unspecified atom stereocenters. The number of nitrogens with one attached hydrogen (secondary N) is 1. The van der Waals surface area contributed by atoms with Gasteiger partial charge in [0.1, 0.15) is 0 Å². The zero-order chi connectivity index (χ0) is 10.8. The first-order valence-electron chi connectivity index (χ1n) is 5.63. The summed E-state index contributed by atoms with van der Waals surface area (Å²) >= 11 is 1.86. The Morgan fingerprint density at radius 1 is 1.38 bits per heavy atom. The van der Waals surface area contributed by atoms with E-state index < -0.39 is 0 Å². The number of rotatable bonds is 2. The van der Waals surface area contributed by atoms with Gasteiger partial charge in [0, 0.05) is 29.2 Å². The minimum Gasteiger partial charge on any atom is -0.309 e. The average molecular weight is 230 g/mol. The van der Waals surface area contributed by atoms with Crippen LogP contribution in [0.2, 0.25) is 0 Å². The maximum absolute atomic E-state index is 4.39. The highest BCUT2D eigenvalue weighted by Gasteiger charge is 2.21. The van der Waals surface area contributed by atoms with Crippen molar-refractivity contribution in [1.29, 1.82) is 0 Å². The first kappa shape index (κ1) is 10.00. The molecule has 2 aromatic heterocycles. The van der Waals surface area contributed by atoms with Crippen molar-refractivity contribution in [2.75, 3.05) is 6.54 Å². The fraction of sp³-hybridized carbons (Fsp3) is 0.308. The van der Waals surface area contributed by atoms with Gasteiger partial charge >= 0.3 is 0 Å². The van der Waals surface area contributed by atoms with Gasteiger partial charge in [-0.15, -0.1) is 11.3 Å². The van der Waals surface area contributed by atoms with E-state index in [1.165, 1.54) is 16.1 Å². The van der Waals surface area contributed by atoms with E-state index in [9.17, 15) is 0 Å². The minimum atomic E-state index is 0.457. The molecule has 3 heteroatoms. The van der Waals surface area contributed by atoms with Gasteiger partial charge in [0.05, 0.1) is 0 Å². The largest absolute Gasteiger partial charge is 0.309 e. The Bertz CT molecular complexity index is 464. The van der Waals surface area contributed by atoms with Gasteiger partial charge in [-0.2, -0.15) is 0 Å². The molecule has 1 aliphatic rings. The smallest absolute Gasteiger partial charge is 0.0473 e. The number of hydrogen-bond donors (Lipinski definition) is 1. The van der Waals surface area contributed by atoms with E-state index in [2.05, 4.69) is 33.9 Å². The van der Waals surface area contributed by atoms with E-state index in [1.54, 1.807) is 0 Å². The maximum atomic E-state index is 4.39. The molecule has 82 valence electrons. The predicted octanol–water partition coefficient (Wildman–Crippen LogP) is 2.57. The summed E-state index contributed by atoms with van der Waals surface area (Å²) in [7, 11) is 0. The molecule has 0 saturated carbocycles. The second-order valence-electron chi connectivity index (χ2n) is 4.09. The van der Waals surface area contributed by atoms with E-state index in [4.69, 9.17) is 0 Å². The molecule has 0 saturated heterocycles. The van der Waals surface area contributed by atoms with Crippen LogP contribution in [0.15, 0.2) is 35.8 Å². The Labute approximate surface area is 99.4 Å². The number of aromatic nitrogens is 1. The molecule has 0 spiro atoms. The van der Waals surface area contributed by atoms with Crippen LogP contribution in [0.1, 0.15) is 22.2 Å². The van der Waals surface area contributed by atoms with Gasteiger partial charge in [-0.1, -0.05) is 6.07 Å². The summed E-state index contributed by atoms with van der Waals surface area (Å²) in [6, 6.07) is 8.84. The summed E-state index contributed by atoms with van der Waals surface area (Å²) in [6.45, 7) is 1.08. The van der Waals surface area contributed by atoms with Gasteiger partial charge in [0.25, 0.3) is 0 Å². The quantitative estimate of drug-likeness (QED) is 0.857. The Morgan fingerprint density at radius 3 is 3.25 bits per heavy atom. The zero-order valence-corrected chi connectivity index (χ0v) is 9.83. The van der Waals surface area contributed by atoms with Crippen LogP contribution >= 0.6 is 11.3 Å². The summed E-state index contributed by atoms with van der Waals surface area (Å²) in [5, 5.41) is 5.78. The molecule has 0 radical (unpaired) electrons. The normalized spacial score (nSPS) is 19.4. The second-order valence-corrected chi connectivity index (χ2v) is 5.04. The molecule has 3 rings (SSSR count). The monoisotopic (exact) mass is 230 g/mol. The van der Waals surface area contributed by atoms with Gasteiger partial charge in [-0.05, 0) is 42.1 Å². The second kappa shape index (κ2) is 4.36. The molecule has 1 aliphatic heterocycles. The van der Waals surface area contributed by atoms with E-state index in [-0.39, 0.29) is 0 Å². The highest BCUT2D eigenvalue weighted by molar-refractivity contribution is 7.10. The molecule has 0 aromatic carbocycles. The van der Waals surface area contributed by atoms with Crippen molar-refractivity contribution >= 4 is 11.3 Å². The van der Waals surface area contributed by atoms with Crippen LogP contribution in [-0.2, 0) is 12.8 Å². The molecular weight excluding hydrogens is 216 g/mol. The molecule has 1 N–H and O–H groups in total. The maximum Gasteiger partial charge on any atom is 0.0473 e. The lowest BCUT2D eigenvalue weighted by Crippen LogP contribution is -2.30. The van der Waals surface area contributed by atoms with Gasteiger partial charge in [-0.3, -0.25) is 4.98 Å². The first-order chi connectivity index (χ1) is 7.93.